The molecule has 0 bridgehead atoms. The Morgan fingerprint density at radius 1 is 0.864 bits per heavy atom. The smallest absolute Gasteiger partial charge is 0.343 e. The van der Waals surface area contributed by atoms with Gasteiger partial charge in [-0.25, -0.2) is 13.6 Å². The zero-order valence-corrected chi connectivity index (χ0v) is 25.5. The number of carbonyl (C=O) groups is 3. The van der Waals surface area contributed by atoms with Crippen molar-refractivity contribution in [1.29, 1.82) is 0 Å². The summed E-state index contributed by atoms with van der Waals surface area (Å²) in [5.41, 5.74) is 0.599. The first-order valence-electron chi connectivity index (χ1n) is 14.3. The molecule has 0 N–H and O–H groups in total. The summed E-state index contributed by atoms with van der Waals surface area (Å²) in [6, 6.07) is 10.9. The molecule has 3 aromatic rings. The monoisotopic (exact) mass is 610 g/mol. The Labute approximate surface area is 254 Å². The largest absolute Gasteiger partial charge is 0.465 e. The lowest BCUT2D eigenvalue weighted by molar-refractivity contribution is -0.151. The summed E-state index contributed by atoms with van der Waals surface area (Å²) in [6.07, 6.45) is 1.39. The number of rotatable bonds is 8. The van der Waals surface area contributed by atoms with Gasteiger partial charge in [0.1, 0.15) is 34.5 Å². The second-order valence-electron chi connectivity index (χ2n) is 10.4. The molecule has 0 saturated carbocycles. The molecule has 4 rings (SSSR count). The highest BCUT2D eigenvalue weighted by molar-refractivity contribution is 6.49. The van der Waals surface area contributed by atoms with Crippen molar-refractivity contribution in [3.05, 3.63) is 87.7 Å². The summed E-state index contributed by atoms with van der Waals surface area (Å²) in [5.74, 6) is -3.33. The van der Waals surface area contributed by atoms with E-state index in [4.69, 9.17) is 9.47 Å². The van der Waals surface area contributed by atoms with Crippen LogP contribution in [0.5, 0.6) is 0 Å². The number of hydrogen-bond acceptors (Lipinski definition) is 9. The van der Waals surface area contributed by atoms with Crippen molar-refractivity contribution in [3.8, 4) is 11.3 Å². The molecule has 0 amide bonds. The van der Waals surface area contributed by atoms with Crippen LogP contribution in [0.4, 0.5) is 8.78 Å². The van der Waals surface area contributed by atoms with Gasteiger partial charge >= 0.3 is 11.9 Å². The Bertz CT molecular complexity index is 1570. The summed E-state index contributed by atoms with van der Waals surface area (Å²) in [6.45, 7) is 11.5. The van der Waals surface area contributed by atoms with Gasteiger partial charge in [-0.2, -0.15) is 10.2 Å². The van der Waals surface area contributed by atoms with Gasteiger partial charge in [0.15, 0.2) is 5.78 Å². The predicted octanol–water partition coefficient (Wildman–Crippen LogP) is 4.81. The lowest BCUT2D eigenvalue weighted by Gasteiger charge is -2.32. The van der Waals surface area contributed by atoms with Crippen LogP contribution in [0.1, 0.15) is 63.5 Å². The van der Waals surface area contributed by atoms with Crippen LogP contribution in [-0.2, 0) is 19.1 Å². The average Bonchev–Trinajstić information content (AvgIpc) is 2.98. The topological polar surface area (TPSA) is 120 Å². The molecule has 1 aliphatic heterocycles. The second kappa shape index (κ2) is 15.1. The van der Waals surface area contributed by atoms with Gasteiger partial charge in [-0.05, 0) is 90.1 Å². The molecule has 0 aliphatic carbocycles. The number of carbonyl (C=O) groups excluding carboxylic acids is 3. The number of nitrogens with zero attached hydrogens (tertiary/aromatic N) is 4. The van der Waals surface area contributed by atoms with E-state index in [1.54, 1.807) is 18.9 Å². The summed E-state index contributed by atoms with van der Waals surface area (Å²) in [5, 5.41) is 10.3. The Balaban J connectivity index is 0.000000240. The first-order chi connectivity index (χ1) is 20.9. The van der Waals surface area contributed by atoms with E-state index in [1.165, 1.54) is 59.4 Å². The summed E-state index contributed by atoms with van der Waals surface area (Å²) in [7, 11) is 0. The Morgan fingerprint density at radius 3 is 1.91 bits per heavy atom. The zero-order chi connectivity index (χ0) is 32.6. The van der Waals surface area contributed by atoms with Crippen molar-refractivity contribution >= 4 is 23.4 Å². The number of hydrazone groups is 1. The van der Waals surface area contributed by atoms with E-state index in [2.05, 4.69) is 10.2 Å². The average molecular weight is 611 g/mol. The maximum atomic E-state index is 13.1. The number of ether oxygens (including phenoxy) is 2. The van der Waals surface area contributed by atoms with E-state index < -0.39 is 34.9 Å². The molecule has 2 heterocycles. The molecule has 0 saturated heterocycles. The third-order valence-corrected chi connectivity index (χ3v) is 6.51. The van der Waals surface area contributed by atoms with Gasteiger partial charge in [0, 0.05) is 29.4 Å². The molecule has 1 aliphatic rings. The first kappa shape index (κ1) is 33.8. The lowest BCUT2D eigenvalue weighted by atomic mass is 9.93. The molecule has 0 fully saturated rings. The van der Waals surface area contributed by atoms with Crippen molar-refractivity contribution in [2.75, 3.05) is 19.8 Å². The fourth-order valence-corrected chi connectivity index (χ4v) is 4.14. The second-order valence-corrected chi connectivity index (χ2v) is 10.4. The Hall–Kier alpha value is -4.74. The molecular weight excluding hydrogens is 574 g/mol. The summed E-state index contributed by atoms with van der Waals surface area (Å²) >= 11 is 0. The van der Waals surface area contributed by atoms with E-state index in [0.29, 0.717) is 11.1 Å². The van der Waals surface area contributed by atoms with E-state index in [1.807, 2.05) is 27.7 Å². The molecule has 44 heavy (non-hydrogen) atoms. The normalized spacial score (nSPS) is 14.6. The summed E-state index contributed by atoms with van der Waals surface area (Å²) in [4.78, 5) is 49.0. The van der Waals surface area contributed by atoms with Crippen LogP contribution >= 0.6 is 0 Å². The standard InChI is InChI=1S/C16H19FN2O3.C16H17FN2O3/c2*1-4-22-16(21)13-9-19(10(2)3)18-14(15(13)20)11-5-7-12(17)8-6-11/h5-8,10,13H,4,9H2,1-3H3;5-10H,4H2,1-3H3. The third kappa shape index (κ3) is 8.21. The minimum absolute atomic E-state index is 0.0282. The van der Waals surface area contributed by atoms with Gasteiger partial charge in [0.05, 0.1) is 19.8 Å². The molecule has 12 heteroatoms. The first-order valence-corrected chi connectivity index (χ1v) is 14.3. The number of hydrogen-bond donors (Lipinski definition) is 0. The molecule has 0 spiro atoms. The number of ketones is 1. The maximum Gasteiger partial charge on any atom is 0.343 e. The molecule has 2 aromatic carbocycles. The lowest BCUT2D eigenvalue weighted by Crippen LogP contribution is -2.47. The fourth-order valence-electron chi connectivity index (χ4n) is 4.14. The highest BCUT2D eigenvalue weighted by Gasteiger charge is 2.38. The van der Waals surface area contributed by atoms with Crippen molar-refractivity contribution in [3.63, 3.8) is 0 Å². The van der Waals surface area contributed by atoms with Crippen LogP contribution < -0.4 is 5.43 Å². The number of esters is 2. The molecule has 10 nitrogen and oxygen atoms in total. The molecule has 1 unspecified atom stereocenters. The van der Waals surface area contributed by atoms with E-state index in [-0.39, 0.29) is 54.6 Å². The van der Waals surface area contributed by atoms with E-state index in [0.717, 1.165) is 0 Å². The van der Waals surface area contributed by atoms with Gasteiger partial charge in [-0.3, -0.25) is 24.1 Å². The van der Waals surface area contributed by atoms with Gasteiger partial charge in [-0.15, -0.1) is 0 Å². The van der Waals surface area contributed by atoms with E-state index in [9.17, 15) is 28.0 Å². The van der Waals surface area contributed by atoms with Gasteiger partial charge in [0.25, 0.3) is 0 Å². The minimum Gasteiger partial charge on any atom is -0.465 e. The van der Waals surface area contributed by atoms with E-state index >= 15 is 0 Å². The molecule has 1 aromatic heterocycles. The Kier molecular flexibility index (Phi) is 11.6. The SMILES string of the molecule is CCOC(=O)C1CN(C(C)C)N=C(c2ccc(F)cc2)C1=O.CCOC(=O)c1cn(C(C)C)nc(-c2ccc(F)cc2)c1=O. The Morgan fingerprint density at radius 2 is 1.41 bits per heavy atom. The van der Waals surface area contributed by atoms with Crippen LogP contribution in [0.3, 0.4) is 0 Å². The fraction of sp³-hybridized carbons (Fsp3) is 0.375. The molecule has 0 radical (unpaired) electrons. The van der Waals surface area contributed by atoms with Crippen LogP contribution in [-0.4, -0.2) is 64.0 Å². The van der Waals surface area contributed by atoms with Gasteiger partial charge < -0.3 is 9.47 Å². The quantitative estimate of drug-likeness (QED) is 0.263. The highest BCUT2D eigenvalue weighted by atomic mass is 19.1. The van der Waals surface area contributed by atoms with Crippen molar-refractivity contribution in [1.82, 2.24) is 14.8 Å². The van der Waals surface area contributed by atoms with Crippen LogP contribution in [0.2, 0.25) is 0 Å². The van der Waals surface area contributed by atoms with Crippen LogP contribution in [0, 0.1) is 17.6 Å². The van der Waals surface area contributed by atoms with Crippen molar-refractivity contribution < 1.29 is 32.6 Å². The van der Waals surface area contributed by atoms with Crippen molar-refractivity contribution in [2.24, 2.45) is 11.0 Å². The zero-order valence-electron chi connectivity index (χ0n) is 25.5. The van der Waals surface area contributed by atoms with Crippen molar-refractivity contribution in [2.45, 2.75) is 53.6 Å². The van der Waals surface area contributed by atoms with Gasteiger partial charge in [0.2, 0.25) is 5.43 Å². The summed E-state index contributed by atoms with van der Waals surface area (Å²) < 4.78 is 37.5. The molecular formula is C32H36F2N4O6. The highest BCUT2D eigenvalue weighted by Crippen LogP contribution is 2.20. The number of aromatic nitrogens is 2. The maximum absolute atomic E-state index is 13.1. The van der Waals surface area contributed by atoms with Crippen LogP contribution in [0.25, 0.3) is 11.3 Å². The minimum atomic E-state index is -0.903. The molecule has 234 valence electrons. The van der Waals surface area contributed by atoms with Gasteiger partial charge in [-0.1, -0.05) is 0 Å². The number of Topliss-reactive ketones (excluding diaryl/α,β-unsaturated/α-hetero) is 1. The number of benzene rings is 2. The predicted molar refractivity (Wildman–Crippen MR) is 160 cm³/mol. The number of halogens is 2. The third-order valence-electron chi connectivity index (χ3n) is 6.51. The molecule has 1 atom stereocenters. The van der Waals surface area contributed by atoms with Crippen LogP contribution in [0.15, 0.2) is 64.6 Å².